The molecule has 0 radical (unpaired) electrons. The van der Waals surface area contributed by atoms with Crippen molar-refractivity contribution >= 4 is 11.7 Å². The molecule has 0 atom stereocenters. The van der Waals surface area contributed by atoms with Gasteiger partial charge in [-0.2, -0.15) is 0 Å². The summed E-state index contributed by atoms with van der Waals surface area (Å²) in [5.41, 5.74) is 10.4. The Morgan fingerprint density at radius 1 is 1.32 bits per heavy atom. The first kappa shape index (κ1) is 15.5. The van der Waals surface area contributed by atoms with Gasteiger partial charge in [-0.1, -0.05) is 46.8 Å². The van der Waals surface area contributed by atoms with E-state index in [1.54, 1.807) is 0 Å². The SMILES string of the molecule is CC(C)c1cc(CCC(=O)O)cc(C(C)(C)C)c1N. The minimum absolute atomic E-state index is 0.0348. The molecular weight excluding hydrogens is 238 g/mol. The molecule has 1 aromatic carbocycles. The van der Waals surface area contributed by atoms with Gasteiger partial charge in [0.05, 0.1) is 0 Å². The standard InChI is InChI=1S/C16H25NO2/c1-10(2)12-8-11(6-7-14(18)19)9-13(15(12)17)16(3,4)5/h8-10H,6-7,17H2,1-5H3,(H,18,19). The Balaban J connectivity index is 3.27. The topological polar surface area (TPSA) is 63.3 Å². The molecule has 0 saturated carbocycles. The Morgan fingerprint density at radius 3 is 2.32 bits per heavy atom. The van der Waals surface area contributed by atoms with Gasteiger partial charge >= 0.3 is 5.97 Å². The highest BCUT2D eigenvalue weighted by Gasteiger charge is 2.21. The molecule has 0 bridgehead atoms. The molecule has 0 heterocycles. The number of aliphatic carboxylic acids is 1. The van der Waals surface area contributed by atoms with Crippen LogP contribution in [0, 0.1) is 0 Å². The normalized spacial score (nSPS) is 11.9. The second-order valence-electron chi connectivity index (χ2n) is 6.44. The molecule has 0 aliphatic carbocycles. The van der Waals surface area contributed by atoms with Gasteiger partial charge in [0.15, 0.2) is 0 Å². The summed E-state index contributed by atoms with van der Waals surface area (Å²) in [5, 5.41) is 8.81. The van der Waals surface area contributed by atoms with E-state index in [0.717, 1.165) is 22.4 Å². The number of nitrogen functional groups attached to an aromatic ring is 1. The van der Waals surface area contributed by atoms with Crippen molar-refractivity contribution in [2.45, 2.75) is 58.8 Å². The number of carboxylic acid groups (broad SMARTS) is 1. The van der Waals surface area contributed by atoms with E-state index >= 15 is 0 Å². The van der Waals surface area contributed by atoms with Gasteiger partial charge in [0, 0.05) is 12.1 Å². The number of rotatable bonds is 4. The van der Waals surface area contributed by atoms with Crippen LogP contribution >= 0.6 is 0 Å². The monoisotopic (exact) mass is 263 g/mol. The van der Waals surface area contributed by atoms with E-state index in [-0.39, 0.29) is 11.8 Å². The van der Waals surface area contributed by atoms with Gasteiger partial charge < -0.3 is 10.8 Å². The molecule has 0 spiro atoms. The van der Waals surface area contributed by atoms with E-state index in [4.69, 9.17) is 10.8 Å². The second kappa shape index (κ2) is 5.64. The van der Waals surface area contributed by atoms with Crippen LogP contribution in [0.25, 0.3) is 0 Å². The molecule has 0 aliphatic heterocycles. The molecular formula is C16H25NO2. The van der Waals surface area contributed by atoms with E-state index in [1.165, 1.54) is 0 Å². The van der Waals surface area contributed by atoms with Crippen molar-refractivity contribution in [3.63, 3.8) is 0 Å². The van der Waals surface area contributed by atoms with Crippen LogP contribution in [0.15, 0.2) is 12.1 Å². The number of hydrogen-bond acceptors (Lipinski definition) is 2. The fourth-order valence-electron chi connectivity index (χ4n) is 2.23. The van der Waals surface area contributed by atoms with Crippen LogP contribution in [0.4, 0.5) is 5.69 Å². The summed E-state index contributed by atoms with van der Waals surface area (Å²) in [7, 11) is 0. The third-order valence-corrected chi connectivity index (χ3v) is 3.33. The van der Waals surface area contributed by atoms with Crippen LogP contribution in [0.1, 0.15) is 63.6 Å². The Hall–Kier alpha value is -1.51. The zero-order valence-electron chi connectivity index (χ0n) is 12.6. The Kier molecular flexibility index (Phi) is 4.61. The van der Waals surface area contributed by atoms with Crippen molar-refractivity contribution in [1.82, 2.24) is 0 Å². The van der Waals surface area contributed by atoms with Gasteiger partial charge in [0.2, 0.25) is 0 Å². The fourth-order valence-corrected chi connectivity index (χ4v) is 2.23. The van der Waals surface area contributed by atoms with E-state index in [0.29, 0.717) is 12.3 Å². The molecule has 1 rings (SSSR count). The maximum atomic E-state index is 10.7. The zero-order valence-corrected chi connectivity index (χ0v) is 12.6. The number of anilines is 1. The zero-order chi connectivity index (χ0) is 14.8. The lowest BCUT2D eigenvalue weighted by Crippen LogP contribution is -2.16. The number of benzene rings is 1. The molecule has 3 N–H and O–H groups in total. The van der Waals surface area contributed by atoms with Crippen LogP contribution in [0.3, 0.4) is 0 Å². The van der Waals surface area contributed by atoms with Crippen LogP contribution in [0.2, 0.25) is 0 Å². The van der Waals surface area contributed by atoms with Crippen molar-refractivity contribution in [3.05, 3.63) is 28.8 Å². The summed E-state index contributed by atoms with van der Waals surface area (Å²) in [6, 6.07) is 4.11. The first-order valence-electron chi connectivity index (χ1n) is 6.77. The smallest absolute Gasteiger partial charge is 0.303 e. The number of hydrogen-bond donors (Lipinski definition) is 2. The molecule has 3 heteroatoms. The summed E-state index contributed by atoms with van der Waals surface area (Å²) < 4.78 is 0. The highest BCUT2D eigenvalue weighted by atomic mass is 16.4. The lowest BCUT2D eigenvalue weighted by Gasteiger charge is -2.25. The largest absolute Gasteiger partial charge is 0.481 e. The van der Waals surface area contributed by atoms with E-state index in [9.17, 15) is 4.79 Å². The molecule has 3 nitrogen and oxygen atoms in total. The minimum Gasteiger partial charge on any atom is -0.481 e. The Labute approximate surface area is 115 Å². The second-order valence-corrected chi connectivity index (χ2v) is 6.44. The molecule has 1 aromatic rings. The molecule has 0 amide bonds. The van der Waals surface area contributed by atoms with E-state index < -0.39 is 5.97 Å². The van der Waals surface area contributed by atoms with Crippen LogP contribution in [-0.4, -0.2) is 11.1 Å². The quantitative estimate of drug-likeness (QED) is 0.814. The predicted octanol–water partition coefficient (Wildman–Crippen LogP) is 3.71. The van der Waals surface area contributed by atoms with Gasteiger partial charge in [0.1, 0.15) is 0 Å². The van der Waals surface area contributed by atoms with Crippen molar-refractivity contribution in [2.75, 3.05) is 5.73 Å². The minimum atomic E-state index is -0.764. The van der Waals surface area contributed by atoms with Crippen LogP contribution in [-0.2, 0) is 16.6 Å². The third-order valence-electron chi connectivity index (χ3n) is 3.33. The van der Waals surface area contributed by atoms with Crippen molar-refractivity contribution < 1.29 is 9.90 Å². The average Bonchev–Trinajstić information content (AvgIpc) is 2.25. The molecule has 0 unspecified atom stereocenters. The molecule has 19 heavy (non-hydrogen) atoms. The summed E-state index contributed by atoms with van der Waals surface area (Å²) in [6.45, 7) is 10.6. The Morgan fingerprint density at radius 2 is 1.89 bits per heavy atom. The molecule has 106 valence electrons. The van der Waals surface area contributed by atoms with Gasteiger partial charge in [0.25, 0.3) is 0 Å². The summed E-state index contributed by atoms with van der Waals surface area (Å²) in [4.78, 5) is 10.7. The fraction of sp³-hybridized carbons (Fsp3) is 0.562. The number of carboxylic acids is 1. The first-order chi connectivity index (χ1) is 8.62. The van der Waals surface area contributed by atoms with Gasteiger partial charge in [-0.25, -0.2) is 0 Å². The van der Waals surface area contributed by atoms with E-state index in [2.05, 4.69) is 46.8 Å². The highest BCUT2D eigenvalue weighted by molar-refractivity contribution is 5.67. The lowest BCUT2D eigenvalue weighted by atomic mass is 9.81. The van der Waals surface area contributed by atoms with Gasteiger partial charge in [-0.05, 0) is 34.4 Å². The third kappa shape index (κ3) is 3.98. The van der Waals surface area contributed by atoms with Crippen molar-refractivity contribution in [3.8, 4) is 0 Å². The Bertz CT molecular complexity index is 470. The summed E-state index contributed by atoms with van der Waals surface area (Å²) in [5.74, 6) is -0.425. The predicted molar refractivity (Wildman–Crippen MR) is 79.6 cm³/mol. The van der Waals surface area contributed by atoms with Gasteiger partial charge in [-0.3, -0.25) is 4.79 Å². The first-order valence-corrected chi connectivity index (χ1v) is 6.77. The molecule has 0 aliphatic rings. The van der Waals surface area contributed by atoms with Crippen LogP contribution < -0.4 is 5.73 Å². The number of aryl methyl sites for hydroxylation is 1. The average molecular weight is 263 g/mol. The van der Waals surface area contributed by atoms with E-state index in [1.807, 2.05) is 0 Å². The van der Waals surface area contributed by atoms with Crippen molar-refractivity contribution in [2.24, 2.45) is 0 Å². The summed E-state index contributed by atoms with van der Waals surface area (Å²) in [6.07, 6.45) is 0.712. The maximum absolute atomic E-state index is 10.7. The van der Waals surface area contributed by atoms with Gasteiger partial charge in [-0.15, -0.1) is 0 Å². The van der Waals surface area contributed by atoms with Crippen LogP contribution in [0.5, 0.6) is 0 Å². The highest BCUT2D eigenvalue weighted by Crippen LogP contribution is 2.34. The summed E-state index contributed by atoms with van der Waals surface area (Å²) >= 11 is 0. The maximum Gasteiger partial charge on any atom is 0.303 e. The number of carbonyl (C=O) groups is 1. The molecule has 0 saturated heterocycles. The van der Waals surface area contributed by atoms with Crippen molar-refractivity contribution in [1.29, 1.82) is 0 Å². The molecule has 0 fully saturated rings. The number of nitrogens with two attached hydrogens (primary N) is 1. The molecule has 0 aromatic heterocycles. The lowest BCUT2D eigenvalue weighted by molar-refractivity contribution is -0.136.